The van der Waals surface area contributed by atoms with Gasteiger partial charge in [-0.2, -0.15) is 0 Å². The van der Waals surface area contributed by atoms with Crippen LogP contribution in [0.15, 0.2) is 24.3 Å². The van der Waals surface area contributed by atoms with E-state index in [-0.39, 0.29) is 12.0 Å². The van der Waals surface area contributed by atoms with Gasteiger partial charge in [0.05, 0.1) is 0 Å². The second-order valence-electron chi connectivity index (χ2n) is 4.24. The van der Waals surface area contributed by atoms with Crippen LogP contribution in [0.5, 0.6) is 5.75 Å². The molecular formula is C13H18N2O2. The summed E-state index contributed by atoms with van der Waals surface area (Å²) in [5.41, 5.74) is 6.58. The van der Waals surface area contributed by atoms with E-state index in [0.717, 1.165) is 37.1 Å². The predicted octanol–water partition coefficient (Wildman–Crippen LogP) is 1.19. The van der Waals surface area contributed by atoms with Gasteiger partial charge in [0.15, 0.2) is 6.10 Å². The molecule has 3 N–H and O–H groups in total. The number of nitrogens with one attached hydrogen (secondary N) is 1. The van der Waals surface area contributed by atoms with Gasteiger partial charge < -0.3 is 15.8 Å². The third kappa shape index (κ3) is 3.20. The molecule has 0 saturated carbocycles. The Labute approximate surface area is 101 Å². The lowest BCUT2D eigenvalue weighted by atomic mass is 10.1. The molecule has 1 unspecified atom stereocenters. The highest BCUT2D eigenvalue weighted by molar-refractivity contribution is 5.81. The van der Waals surface area contributed by atoms with Crippen LogP contribution in [0.2, 0.25) is 0 Å². The minimum atomic E-state index is -0.370. The zero-order valence-electron chi connectivity index (χ0n) is 9.82. The molecule has 0 aliphatic carbocycles. The molecule has 1 aromatic rings. The first-order valence-electron chi connectivity index (χ1n) is 6.03. The third-order valence-corrected chi connectivity index (χ3v) is 2.90. The summed E-state index contributed by atoms with van der Waals surface area (Å²) in [6.45, 7) is 1.23. The first-order chi connectivity index (χ1) is 8.29. The van der Waals surface area contributed by atoms with Crippen LogP contribution in [0.1, 0.15) is 24.8 Å². The molecule has 1 aliphatic rings. The maximum atomic E-state index is 11.7. The number of rotatable bonds is 3. The Morgan fingerprint density at radius 1 is 1.41 bits per heavy atom. The van der Waals surface area contributed by atoms with Crippen molar-refractivity contribution in [3.05, 3.63) is 29.8 Å². The van der Waals surface area contributed by atoms with Gasteiger partial charge in [-0.1, -0.05) is 12.1 Å². The summed E-state index contributed by atoms with van der Waals surface area (Å²) in [4.78, 5) is 11.7. The van der Waals surface area contributed by atoms with Crippen molar-refractivity contribution in [3.8, 4) is 5.75 Å². The van der Waals surface area contributed by atoms with E-state index in [9.17, 15) is 4.79 Å². The van der Waals surface area contributed by atoms with Gasteiger partial charge in [-0.3, -0.25) is 4.79 Å². The summed E-state index contributed by atoms with van der Waals surface area (Å²) < 4.78 is 5.72. The maximum Gasteiger partial charge on any atom is 0.261 e. The van der Waals surface area contributed by atoms with Gasteiger partial charge in [-0.15, -0.1) is 0 Å². The molecule has 0 radical (unpaired) electrons. The van der Waals surface area contributed by atoms with E-state index in [1.807, 2.05) is 24.3 Å². The van der Waals surface area contributed by atoms with Gasteiger partial charge in [0.1, 0.15) is 5.75 Å². The Morgan fingerprint density at radius 3 is 3.12 bits per heavy atom. The van der Waals surface area contributed by atoms with Crippen LogP contribution in [0.3, 0.4) is 0 Å². The number of nitrogens with two attached hydrogens (primary N) is 1. The molecular weight excluding hydrogens is 216 g/mol. The predicted molar refractivity (Wildman–Crippen MR) is 65.6 cm³/mol. The number of hydrogen-bond donors (Lipinski definition) is 2. The minimum Gasteiger partial charge on any atom is -0.481 e. The van der Waals surface area contributed by atoms with Gasteiger partial charge in [0.25, 0.3) is 5.91 Å². The fourth-order valence-corrected chi connectivity index (χ4v) is 1.93. The topological polar surface area (TPSA) is 64.3 Å². The number of carbonyl (C=O) groups excluding carboxylic acids is 1. The molecule has 4 nitrogen and oxygen atoms in total. The van der Waals surface area contributed by atoms with Crippen molar-refractivity contribution in [1.82, 2.24) is 5.32 Å². The largest absolute Gasteiger partial charge is 0.481 e. The van der Waals surface area contributed by atoms with Crippen molar-refractivity contribution in [2.24, 2.45) is 5.73 Å². The molecule has 2 rings (SSSR count). The molecule has 17 heavy (non-hydrogen) atoms. The van der Waals surface area contributed by atoms with E-state index in [1.165, 1.54) is 0 Å². The summed E-state index contributed by atoms with van der Waals surface area (Å²) in [5.74, 6) is 0.704. The minimum absolute atomic E-state index is 0.0133. The van der Waals surface area contributed by atoms with Crippen molar-refractivity contribution >= 4 is 5.91 Å². The van der Waals surface area contributed by atoms with E-state index in [2.05, 4.69) is 5.32 Å². The first kappa shape index (κ1) is 11.9. The van der Waals surface area contributed by atoms with Gasteiger partial charge in [-0.25, -0.2) is 0 Å². The van der Waals surface area contributed by atoms with Crippen molar-refractivity contribution in [2.75, 3.05) is 6.54 Å². The van der Waals surface area contributed by atoms with Crippen LogP contribution in [0, 0.1) is 0 Å². The van der Waals surface area contributed by atoms with E-state index in [1.54, 1.807) is 0 Å². The van der Waals surface area contributed by atoms with Crippen LogP contribution in [0.25, 0.3) is 0 Å². The Morgan fingerprint density at radius 2 is 2.29 bits per heavy atom. The van der Waals surface area contributed by atoms with Crippen LogP contribution in [-0.4, -0.2) is 18.6 Å². The Hall–Kier alpha value is -1.55. The zero-order chi connectivity index (χ0) is 12.1. The van der Waals surface area contributed by atoms with Crippen molar-refractivity contribution in [3.63, 3.8) is 0 Å². The first-order valence-corrected chi connectivity index (χ1v) is 6.03. The standard InChI is InChI=1S/C13H18N2O2/c14-9-10-4-3-5-11(8-10)17-12-6-1-2-7-15-13(12)16/h3-5,8,12H,1-2,6-7,9,14H2,(H,15,16). The fraction of sp³-hybridized carbons (Fsp3) is 0.462. The monoisotopic (exact) mass is 234 g/mol. The molecule has 1 amide bonds. The quantitative estimate of drug-likeness (QED) is 0.825. The summed E-state index contributed by atoms with van der Waals surface area (Å²) in [7, 11) is 0. The average Bonchev–Trinajstić information content (AvgIpc) is 2.55. The average molecular weight is 234 g/mol. The number of ether oxygens (including phenoxy) is 1. The van der Waals surface area contributed by atoms with Gasteiger partial charge in [0, 0.05) is 13.1 Å². The molecule has 4 heteroatoms. The normalized spacial score (nSPS) is 20.5. The molecule has 0 aromatic heterocycles. The van der Waals surface area contributed by atoms with Crippen LogP contribution < -0.4 is 15.8 Å². The number of hydrogen-bond acceptors (Lipinski definition) is 3. The van der Waals surface area contributed by atoms with Crippen molar-refractivity contribution in [1.29, 1.82) is 0 Å². The summed E-state index contributed by atoms with van der Waals surface area (Å²) in [5, 5.41) is 2.85. The molecule has 92 valence electrons. The summed E-state index contributed by atoms with van der Waals surface area (Å²) in [6.07, 6.45) is 2.44. The second-order valence-corrected chi connectivity index (χ2v) is 4.24. The third-order valence-electron chi connectivity index (χ3n) is 2.90. The number of amides is 1. The smallest absolute Gasteiger partial charge is 0.261 e. The molecule has 1 saturated heterocycles. The van der Waals surface area contributed by atoms with E-state index in [4.69, 9.17) is 10.5 Å². The summed E-state index contributed by atoms with van der Waals surface area (Å²) >= 11 is 0. The van der Waals surface area contributed by atoms with Crippen molar-refractivity contribution < 1.29 is 9.53 Å². The number of benzene rings is 1. The van der Waals surface area contributed by atoms with Gasteiger partial charge in [-0.05, 0) is 37.0 Å². The highest BCUT2D eigenvalue weighted by Crippen LogP contribution is 2.18. The maximum absolute atomic E-state index is 11.7. The van der Waals surface area contributed by atoms with Crippen molar-refractivity contribution in [2.45, 2.75) is 31.9 Å². The number of carbonyl (C=O) groups is 1. The highest BCUT2D eigenvalue weighted by atomic mass is 16.5. The lowest BCUT2D eigenvalue weighted by Gasteiger charge is -2.16. The van der Waals surface area contributed by atoms with Gasteiger partial charge >= 0.3 is 0 Å². The molecule has 1 fully saturated rings. The van der Waals surface area contributed by atoms with E-state index in [0.29, 0.717) is 6.54 Å². The molecule has 1 aliphatic heterocycles. The molecule has 1 aromatic carbocycles. The SMILES string of the molecule is NCc1cccc(OC2CCCCNC2=O)c1. The van der Waals surface area contributed by atoms with Crippen LogP contribution >= 0.6 is 0 Å². The molecule has 1 atom stereocenters. The van der Waals surface area contributed by atoms with E-state index >= 15 is 0 Å². The molecule has 0 bridgehead atoms. The Balaban J connectivity index is 2.05. The van der Waals surface area contributed by atoms with Crippen LogP contribution in [0.4, 0.5) is 0 Å². The second kappa shape index (κ2) is 5.68. The van der Waals surface area contributed by atoms with Crippen LogP contribution in [-0.2, 0) is 11.3 Å². The highest BCUT2D eigenvalue weighted by Gasteiger charge is 2.22. The lowest BCUT2D eigenvalue weighted by Crippen LogP contribution is -2.36. The summed E-state index contributed by atoms with van der Waals surface area (Å²) in [6, 6.07) is 7.58. The van der Waals surface area contributed by atoms with Gasteiger partial charge in [0.2, 0.25) is 0 Å². The fourth-order valence-electron chi connectivity index (χ4n) is 1.93. The Bertz CT molecular complexity index is 393. The Kier molecular flexibility index (Phi) is 3.98. The molecule has 0 spiro atoms. The lowest BCUT2D eigenvalue weighted by molar-refractivity contribution is -0.127. The zero-order valence-corrected chi connectivity index (χ0v) is 9.82. The van der Waals surface area contributed by atoms with E-state index < -0.39 is 0 Å². The molecule has 1 heterocycles.